The molecule has 0 saturated heterocycles. The molecule has 0 bridgehead atoms. The first-order valence-electron chi connectivity index (χ1n) is 8.86. The summed E-state index contributed by atoms with van der Waals surface area (Å²) in [6.45, 7) is 3.21. The molecule has 3 rings (SSSR count). The van der Waals surface area contributed by atoms with E-state index >= 15 is 0 Å². The van der Waals surface area contributed by atoms with Crippen molar-refractivity contribution >= 4 is 27.5 Å². The lowest BCUT2D eigenvalue weighted by Gasteiger charge is -2.18. The van der Waals surface area contributed by atoms with Crippen molar-refractivity contribution in [3.63, 3.8) is 0 Å². The Morgan fingerprint density at radius 3 is 2.54 bits per heavy atom. The third-order valence-corrected chi connectivity index (χ3v) is 6.51. The molecule has 148 valence electrons. The predicted molar refractivity (Wildman–Crippen MR) is 104 cm³/mol. The molecule has 0 atom stereocenters. The number of anilines is 1. The van der Waals surface area contributed by atoms with Crippen molar-refractivity contribution in [2.24, 2.45) is 0 Å². The number of aromatic hydroxyl groups is 1. The number of benzene rings is 2. The van der Waals surface area contributed by atoms with Crippen molar-refractivity contribution in [3.8, 4) is 5.75 Å². The fourth-order valence-corrected chi connectivity index (χ4v) is 4.18. The van der Waals surface area contributed by atoms with E-state index in [1.54, 1.807) is 32.0 Å². The van der Waals surface area contributed by atoms with Crippen LogP contribution in [0.25, 0.3) is 0 Å². The van der Waals surface area contributed by atoms with Crippen LogP contribution < -0.4 is 4.31 Å². The summed E-state index contributed by atoms with van der Waals surface area (Å²) >= 11 is 0. The maximum atomic E-state index is 12.4. The Morgan fingerprint density at radius 1 is 1.14 bits per heavy atom. The molecule has 0 spiro atoms. The molecule has 1 aliphatic rings. The molecule has 0 unspecified atom stereocenters. The normalized spacial score (nSPS) is 13.3. The van der Waals surface area contributed by atoms with Crippen LogP contribution in [0.3, 0.4) is 0 Å². The van der Waals surface area contributed by atoms with E-state index in [9.17, 15) is 23.1 Å². The second-order valence-corrected chi connectivity index (χ2v) is 8.75. The summed E-state index contributed by atoms with van der Waals surface area (Å²) in [6, 6.07) is 9.19. The second kappa shape index (κ2) is 7.63. The lowest BCUT2D eigenvalue weighted by atomic mass is 10.1. The van der Waals surface area contributed by atoms with Gasteiger partial charge in [0.2, 0.25) is 10.0 Å². The van der Waals surface area contributed by atoms with Crippen LogP contribution in [0.15, 0.2) is 36.4 Å². The van der Waals surface area contributed by atoms with Gasteiger partial charge in [0.15, 0.2) is 12.4 Å². The Bertz CT molecular complexity index is 1040. The van der Waals surface area contributed by atoms with E-state index in [-0.39, 0.29) is 22.8 Å². The van der Waals surface area contributed by atoms with Crippen molar-refractivity contribution in [2.75, 3.05) is 23.2 Å². The summed E-state index contributed by atoms with van der Waals surface area (Å²) < 4.78 is 30.7. The zero-order valence-corrected chi connectivity index (χ0v) is 16.5. The molecule has 28 heavy (non-hydrogen) atoms. The molecule has 0 amide bonds. The van der Waals surface area contributed by atoms with Gasteiger partial charge in [-0.1, -0.05) is 6.07 Å². The van der Waals surface area contributed by atoms with Crippen LogP contribution in [0.5, 0.6) is 5.75 Å². The molecule has 1 aliphatic heterocycles. The van der Waals surface area contributed by atoms with Gasteiger partial charge in [-0.15, -0.1) is 0 Å². The van der Waals surface area contributed by atoms with Crippen LogP contribution in [-0.4, -0.2) is 44.2 Å². The zero-order valence-electron chi connectivity index (χ0n) is 15.6. The fraction of sp³-hybridized carbons (Fsp3) is 0.300. The molecule has 0 aromatic heterocycles. The summed E-state index contributed by atoms with van der Waals surface area (Å²) in [5.41, 5.74) is 2.51. The van der Waals surface area contributed by atoms with Gasteiger partial charge in [-0.2, -0.15) is 0 Å². The first kappa shape index (κ1) is 19.9. The van der Waals surface area contributed by atoms with Crippen LogP contribution in [0.1, 0.15) is 38.8 Å². The minimum atomic E-state index is -3.34. The Hall–Kier alpha value is -2.87. The second-order valence-electron chi connectivity index (χ2n) is 6.57. The number of ether oxygens (including phenoxy) is 1. The van der Waals surface area contributed by atoms with E-state index in [1.165, 1.54) is 22.5 Å². The molecule has 8 heteroatoms. The number of hydrogen-bond acceptors (Lipinski definition) is 6. The van der Waals surface area contributed by atoms with Gasteiger partial charge < -0.3 is 9.84 Å². The highest BCUT2D eigenvalue weighted by Gasteiger charge is 2.28. The van der Waals surface area contributed by atoms with Crippen LogP contribution in [0.4, 0.5) is 5.69 Å². The van der Waals surface area contributed by atoms with Crippen molar-refractivity contribution in [1.82, 2.24) is 0 Å². The van der Waals surface area contributed by atoms with Gasteiger partial charge in [-0.05, 0) is 61.7 Å². The van der Waals surface area contributed by atoms with E-state index in [0.717, 1.165) is 5.56 Å². The largest absolute Gasteiger partial charge is 0.508 e. The monoisotopic (exact) mass is 403 g/mol. The van der Waals surface area contributed by atoms with Gasteiger partial charge in [0.1, 0.15) is 5.75 Å². The van der Waals surface area contributed by atoms with Crippen LogP contribution in [0, 0.1) is 6.92 Å². The van der Waals surface area contributed by atoms with Gasteiger partial charge in [0, 0.05) is 12.1 Å². The van der Waals surface area contributed by atoms with E-state index in [4.69, 9.17) is 4.74 Å². The van der Waals surface area contributed by atoms with E-state index in [2.05, 4.69) is 0 Å². The SMILES string of the molecule is CCS(=O)(=O)N1CCc2cc(C(=O)COC(=O)c3ccc(C)c(O)c3)ccc21. The lowest BCUT2D eigenvalue weighted by molar-refractivity contribution is 0.0474. The third-order valence-electron chi connectivity index (χ3n) is 4.73. The Labute approximate surface area is 163 Å². The first-order valence-corrected chi connectivity index (χ1v) is 10.5. The van der Waals surface area contributed by atoms with E-state index in [0.29, 0.717) is 29.8 Å². The average molecular weight is 403 g/mol. The fourth-order valence-electron chi connectivity index (χ4n) is 3.02. The molecule has 0 radical (unpaired) electrons. The maximum absolute atomic E-state index is 12.4. The summed E-state index contributed by atoms with van der Waals surface area (Å²) in [4.78, 5) is 24.4. The van der Waals surface area contributed by atoms with Crippen molar-refractivity contribution in [3.05, 3.63) is 58.7 Å². The minimum absolute atomic E-state index is 0.0115. The quantitative estimate of drug-likeness (QED) is 0.587. The number of ketones is 1. The van der Waals surface area contributed by atoms with Gasteiger partial charge in [-0.25, -0.2) is 13.2 Å². The van der Waals surface area contributed by atoms with Gasteiger partial charge in [-0.3, -0.25) is 9.10 Å². The Morgan fingerprint density at radius 2 is 1.86 bits per heavy atom. The Balaban J connectivity index is 1.69. The lowest BCUT2D eigenvalue weighted by Crippen LogP contribution is -2.30. The number of aryl methyl sites for hydroxylation is 1. The standard InChI is InChI=1S/C20H21NO6S/c1-3-28(25,26)21-9-8-14-10-15(6-7-17(14)21)19(23)12-27-20(24)16-5-4-13(2)18(22)11-16/h4-7,10-11,22H,3,8-9,12H2,1-2H3. The summed E-state index contributed by atoms with van der Waals surface area (Å²) in [5.74, 6) is -1.10. The third kappa shape index (κ3) is 3.87. The zero-order chi connectivity index (χ0) is 20.5. The Kier molecular flexibility index (Phi) is 5.42. The molecule has 0 fully saturated rings. The molecule has 2 aromatic carbocycles. The molecule has 2 aromatic rings. The number of rotatable bonds is 6. The molecule has 1 heterocycles. The topological polar surface area (TPSA) is 101 Å². The maximum Gasteiger partial charge on any atom is 0.338 e. The number of sulfonamides is 1. The number of esters is 1. The van der Waals surface area contributed by atoms with Crippen LogP contribution in [-0.2, 0) is 21.2 Å². The van der Waals surface area contributed by atoms with Crippen LogP contribution >= 0.6 is 0 Å². The number of phenols is 1. The van der Waals surface area contributed by atoms with Gasteiger partial charge in [0.05, 0.1) is 17.0 Å². The summed E-state index contributed by atoms with van der Waals surface area (Å²) in [5, 5.41) is 9.67. The number of phenolic OH excluding ortho intramolecular Hbond substituents is 1. The van der Waals surface area contributed by atoms with Gasteiger partial charge in [0.25, 0.3) is 0 Å². The highest BCUT2D eigenvalue weighted by atomic mass is 32.2. The smallest absolute Gasteiger partial charge is 0.338 e. The number of Topliss-reactive ketones (excluding diaryl/α,β-unsaturated/α-hetero) is 1. The average Bonchev–Trinajstić information content (AvgIpc) is 3.12. The molecular weight excluding hydrogens is 382 g/mol. The molecule has 0 saturated carbocycles. The first-order chi connectivity index (χ1) is 13.2. The highest BCUT2D eigenvalue weighted by Crippen LogP contribution is 2.31. The number of nitrogens with zero attached hydrogens (tertiary/aromatic N) is 1. The molecular formula is C20H21NO6S. The summed E-state index contributed by atoms with van der Waals surface area (Å²) in [6.07, 6.45) is 0.526. The van der Waals surface area contributed by atoms with Gasteiger partial charge >= 0.3 is 5.97 Å². The van der Waals surface area contributed by atoms with Crippen molar-refractivity contribution in [1.29, 1.82) is 0 Å². The minimum Gasteiger partial charge on any atom is -0.508 e. The number of carbonyl (C=O) groups excluding carboxylic acids is 2. The van der Waals surface area contributed by atoms with Crippen LogP contribution in [0.2, 0.25) is 0 Å². The molecule has 1 N–H and O–H groups in total. The highest BCUT2D eigenvalue weighted by molar-refractivity contribution is 7.92. The van der Waals surface area contributed by atoms with Crippen molar-refractivity contribution < 1.29 is 27.9 Å². The van der Waals surface area contributed by atoms with Crippen molar-refractivity contribution in [2.45, 2.75) is 20.3 Å². The predicted octanol–water partition coefficient (Wildman–Crippen LogP) is 2.45. The number of carbonyl (C=O) groups is 2. The molecule has 7 nitrogen and oxygen atoms in total. The molecule has 0 aliphatic carbocycles. The van der Waals surface area contributed by atoms with E-state index in [1.807, 2.05) is 0 Å². The number of fused-ring (bicyclic) bond motifs is 1. The van der Waals surface area contributed by atoms with E-state index < -0.39 is 22.6 Å². The summed E-state index contributed by atoms with van der Waals surface area (Å²) in [7, 11) is -3.34. The number of hydrogen-bond donors (Lipinski definition) is 1.